The summed E-state index contributed by atoms with van der Waals surface area (Å²) >= 11 is 6.29. The van der Waals surface area contributed by atoms with Crippen molar-refractivity contribution < 1.29 is 9.53 Å². The number of carbonyl (C=O) groups is 1. The molecule has 1 amide bonds. The molecule has 1 aliphatic rings. The Balaban J connectivity index is 1.65. The highest BCUT2D eigenvalue weighted by molar-refractivity contribution is 6.31. The molecule has 4 nitrogen and oxygen atoms in total. The molecule has 28 heavy (non-hydrogen) atoms. The number of hydrogen-bond acceptors (Lipinski definition) is 3. The van der Waals surface area contributed by atoms with Crippen LogP contribution in [-0.4, -0.2) is 43.2 Å². The zero-order chi connectivity index (χ0) is 19.9. The summed E-state index contributed by atoms with van der Waals surface area (Å²) in [4.78, 5) is 14.8. The summed E-state index contributed by atoms with van der Waals surface area (Å²) in [5, 5.41) is 3.79. The van der Waals surface area contributed by atoms with Gasteiger partial charge in [0.2, 0.25) is 5.91 Å². The standard InChI is InChI=1S/C23H29ClN2O2/c1-3-28-13-11-25-23(27)22-8-5-12-26(22)16-18-6-4-7-19(14-18)20-10-9-17(2)21(24)15-20/h4,6-7,9-10,14-15,22H,3,5,8,11-13,16H2,1-2H3,(H,25,27). The molecule has 0 aromatic heterocycles. The van der Waals surface area contributed by atoms with E-state index in [1.165, 1.54) is 5.56 Å². The zero-order valence-electron chi connectivity index (χ0n) is 16.7. The van der Waals surface area contributed by atoms with Crippen molar-refractivity contribution in [3.63, 3.8) is 0 Å². The fraction of sp³-hybridized carbons (Fsp3) is 0.435. The first kappa shape index (κ1) is 20.8. The molecular formula is C23H29ClN2O2. The van der Waals surface area contributed by atoms with Crippen LogP contribution in [0.2, 0.25) is 5.02 Å². The Morgan fingerprint density at radius 2 is 2.07 bits per heavy atom. The number of nitrogens with zero attached hydrogens (tertiary/aromatic N) is 1. The van der Waals surface area contributed by atoms with Crippen LogP contribution in [0.1, 0.15) is 30.9 Å². The zero-order valence-corrected chi connectivity index (χ0v) is 17.5. The molecule has 150 valence electrons. The molecular weight excluding hydrogens is 372 g/mol. The largest absolute Gasteiger partial charge is 0.380 e. The molecule has 1 aliphatic heterocycles. The maximum atomic E-state index is 12.5. The molecule has 0 aliphatic carbocycles. The number of benzene rings is 2. The predicted molar refractivity (Wildman–Crippen MR) is 115 cm³/mol. The van der Waals surface area contributed by atoms with Gasteiger partial charge in [0.05, 0.1) is 12.6 Å². The Kier molecular flexibility index (Phi) is 7.49. The Morgan fingerprint density at radius 3 is 2.86 bits per heavy atom. The fourth-order valence-electron chi connectivity index (χ4n) is 3.68. The average Bonchev–Trinajstić information content (AvgIpc) is 3.15. The molecule has 0 bridgehead atoms. The molecule has 1 saturated heterocycles. The first-order valence-corrected chi connectivity index (χ1v) is 10.4. The molecule has 0 saturated carbocycles. The molecule has 1 heterocycles. The van der Waals surface area contributed by atoms with Gasteiger partial charge in [-0.2, -0.15) is 0 Å². The van der Waals surface area contributed by atoms with Gasteiger partial charge < -0.3 is 10.1 Å². The number of nitrogens with one attached hydrogen (secondary N) is 1. The molecule has 2 aromatic carbocycles. The van der Waals surface area contributed by atoms with Crippen molar-refractivity contribution in [1.82, 2.24) is 10.2 Å². The van der Waals surface area contributed by atoms with Gasteiger partial charge in [-0.05, 0) is 67.6 Å². The van der Waals surface area contributed by atoms with Crippen molar-refractivity contribution in [2.75, 3.05) is 26.3 Å². The number of ether oxygens (including phenoxy) is 1. The average molecular weight is 401 g/mol. The quantitative estimate of drug-likeness (QED) is 0.666. The van der Waals surface area contributed by atoms with Crippen molar-refractivity contribution in [2.24, 2.45) is 0 Å². The van der Waals surface area contributed by atoms with Gasteiger partial charge >= 0.3 is 0 Å². The molecule has 1 unspecified atom stereocenters. The minimum Gasteiger partial charge on any atom is -0.380 e. The van der Waals surface area contributed by atoms with Crippen LogP contribution in [0.5, 0.6) is 0 Å². The van der Waals surface area contributed by atoms with E-state index in [0.717, 1.165) is 47.6 Å². The Bertz CT molecular complexity index is 809. The van der Waals surface area contributed by atoms with Gasteiger partial charge in [0.25, 0.3) is 0 Å². The summed E-state index contributed by atoms with van der Waals surface area (Å²) in [6.07, 6.45) is 1.96. The van der Waals surface area contributed by atoms with Gasteiger partial charge in [0.15, 0.2) is 0 Å². The topological polar surface area (TPSA) is 41.6 Å². The van der Waals surface area contributed by atoms with E-state index in [4.69, 9.17) is 16.3 Å². The van der Waals surface area contributed by atoms with Gasteiger partial charge in [-0.1, -0.05) is 41.9 Å². The number of likely N-dealkylation sites (tertiary alicyclic amines) is 1. The van der Waals surface area contributed by atoms with Crippen molar-refractivity contribution in [3.8, 4) is 11.1 Å². The maximum absolute atomic E-state index is 12.5. The number of hydrogen-bond donors (Lipinski definition) is 1. The Morgan fingerprint density at radius 1 is 1.25 bits per heavy atom. The molecule has 2 aromatic rings. The van der Waals surface area contributed by atoms with E-state index in [2.05, 4.69) is 40.5 Å². The smallest absolute Gasteiger partial charge is 0.237 e. The van der Waals surface area contributed by atoms with Crippen LogP contribution in [0, 0.1) is 6.92 Å². The molecule has 1 N–H and O–H groups in total. The van der Waals surface area contributed by atoms with Gasteiger partial charge in [-0.25, -0.2) is 0 Å². The summed E-state index contributed by atoms with van der Waals surface area (Å²) < 4.78 is 5.30. The van der Waals surface area contributed by atoms with E-state index in [1.54, 1.807) is 0 Å². The number of rotatable bonds is 8. The van der Waals surface area contributed by atoms with Gasteiger partial charge in [0, 0.05) is 24.7 Å². The number of halogens is 1. The lowest BCUT2D eigenvalue weighted by molar-refractivity contribution is -0.125. The van der Waals surface area contributed by atoms with E-state index in [0.29, 0.717) is 19.8 Å². The first-order chi connectivity index (χ1) is 13.6. The number of amides is 1. The second kappa shape index (κ2) is 10.1. The summed E-state index contributed by atoms with van der Waals surface area (Å²) in [7, 11) is 0. The SMILES string of the molecule is CCOCCNC(=O)C1CCCN1Cc1cccc(-c2ccc(C)c(Cl)c2)c1. The molecule has 5 heteroatoms. The lowest BCUT2D eigenvalue weighted by Gasteiger charge is -2.24. The van der Waals surface area contributed by atoms with E-state index in [9.17, 15) is 4.79 Å². The molecule has 1 atom stereocenters. The molecule has 0 spiro atoms. The monoisotopic (exact) mass is 400 g/mol. The normalized spacial score (nSPS) is 17.0. The third-order valence-corrected chi connectivity index (χ3v) is 5.64. The van der Waals surface area contributed by atoms with E-state index in [-0.39, 0.29) is 11.9 Å². The number of carbonyl (C=O) groups excluding carboxylic acids is 1. The van der Waals surface area contributed by atoms with E-state index in [1.807, 2.05) is 26.0 Å². The summed E-state index contributed by atoms with van der Waals surface area (Å²) in [5.74, 6) is 0.110. The van der Waals surface area contributed by atoms with Gasteiger partial charge in [-0.15, -0.1) is 0 Å². The Labute approximate surface area is 172 Å². The van der Waals surface area contributed by atoms with Crippen LogP contribution in [0.3, 0.4) is 0 Å². The molecule has 3 rings (SSSR count). The number of aryl methyl sites for hydroxylation is 1. The van der Waals surface area contributed by atoms with Crippen molar-refractivity contribution in [2.45, 2.75) is 39.3 Å². The van der Waals surface area contributed by atoms with Crippen LogP contribution >= 0.6 is 11.6 Å². The van der Waals surface area contributed by atoms with E-state index < -0.39 is 0 Å². The predicted octanol–water partition coefficient (Wildman–Crippen LogP) is 4.43. The second-order valence-electron chi connectivity index (χ2n) is 7.28. The minimum absolute atomic E-state index is 0.0564. The highest BCUT2D eigenvalue weighted by Gasteiger charge is 2.30. The second-order valence-corrected chi connectivity index (χ2v) is 7.69. The van der Waals surface area contributed by atoms with Gasteiger partial charge in [-0.3, -0.25) is 9.69 Å². The molecule has 0 radical (unpaired) electrons. The summed E-state index contributed by atoms with van der Waals surface area (Å²) in [5.41, 5.74) is 4.56. The Hall–Kier alpha value is -1.88. The third-order valence-electron chi connectivity index (χ3n) is 5.23. The van der Waals surface area contributed by atoms with Crippen LogP contribution in [0.15, 0.2) is 42.5 Å². The van der Waals surface area contributed by atoms with Crippen LogP contribution in [-0.2, 0) is 16.1 Å². The van der Waals surface area contributed by atoms with E-state index >= 15 is 0 Å². The maximum Gasteiger partial charge on any atom is 0.237 e. The molecule has 1 fully saturated rings. The van der Waals surface area contributed by atoms with Crippen molar-refractivity contribution in [3.05, 3.63) is 58.6 Å². The van der Waals surface area contributed by atoms with Crippen molar-refractivity contribution >= 4 is 17.5 Å². The summed E-state index contributed by atoms with van der Waals surface area (Å²) in [6, 6.07) is 14.6. The van der Waals surface area contributed by atoms with Crippen LogP contribution in [0.4, 0.5) is 0 Å². The lowest BCUT2D eigenvalue weighted by atomic mass is 10.0. The lowest BCUT2D eigenvalue weighted by Crippen LogP contribution is -2.43. The fourth-order valence-corrected chi connectivity index (χ4v) is 3.86. The van der Waals surface area contributed by atoms with Crippen LogP contribution < -0.4 is 5.32 Å². The highest BCUT2D eigenvalue weighted by atomic mass is 35.5. The van der Waals surface area contributed by atoms with Crippen LogP contribution in [0.25, 0.3) is 11.1 Å². The first-order valence-electron chi connectivity index (χ1n) is 10.0. The minimum atomic E-state index is -0.0564. The summed E-state index contributed by atoms with van der Waals surface area (Å²) in [6.45, 7) is 7.50. The third kappa shape index (κ3) is 5.34. The van der Waals surface area contributed by atoms with Crippen molar-refractivity contribution in [1.29, 1.82) is 0 Å². The van der Waals surface area contributed by atoms with Gasteiger partial charge in [0.1, 0.15) is 0 Å². The highest BCUT2D eigenvalue weighted by Crippen LogP contribution is 2.27.